The number of nitrogens with one attached hydrogen (secondary N) is 1. The number of likely N-dealkylation sites (tertiary alicyclic amines) is 2. The maximum atomic E-state index is 12.1. The lowest BCUT2D eigenvalue weighted by Crippen LogP contribution is -2.37. The Morgan fingerprint density at radius 2 is 1.93 bits per heavy atom. The molecule has 0 bridgehead atoms. The number of rotatable bonds is 8. The first-order valence-corrected chi connectivity index (χ1v) is 16.6. The van der Waals surface area contributed by atoms with Crippen LogP contribution in [-0.4, -0.2) is 105 Å². The van der Waals surface area contributed by atoms with Crippen LogP contribution < -0.4 is 14.4 Å². The summed E-state index contributed by atoms with van der Waals surface area (Å²) in [7, 11) is -2.07. The summed E-state index contributed by atoms with van der Waals surface area (Å²) in [4.78, 5) is 23.2. The minimum atomic E-state index is -3.53. The van der Waals surface area contributed by atoms with Crippen LogP contribution in [0.2, 0.25) is 0 Å². The Morgan fingerprint density at radius 3 is 2.65 bits per heavy atom. The molecule has 0 aliphatic carbocycles. The van der Waals surface area contributed by atoms with Gasteiger partial charge < -0.3 is 14.4 Å². The number of morpholine rings is 1. The largest absolute Gasteiger partial charge is 0.480 e. The molecule has 0 saturated carbocycles. The Balaban J connectivity index is 1.41. The fourth-order valence-corrected chi connectivity index (χ4v) is 7.67. The van der Waals surface area contributed by atoms with Crippen molar-refractivity contribution in [3.63, 3.8) is 0 Å². The van der Waals surface area contributed by atoms with E-state index in [9.17, 15) is 8.42 Å². The van der Waals surface area contributed by atoms with Gasteiger partial charge in [-0.15, -0.1) is 11.3 Å². The van der Waals surface area contributed by atoms with Crippen LogP contribution >= 0.6 is 11.3 Å². The summed E-state index contributed by atoms with van der Waals surface area (Å²) in [6.45, 7) is 10.4. The average Bonchev–Trinajstić information content (AvgIpc) is 3.69. The van der Waals surface area contributed by atoms with Crippen LogP contribution in [0, 0.1) is 6.92 Å². The highest BCUT2D eigenvalue weighted by molar-refractivity contribution is 7.92. The molecule has 11 nitrogen and oxygen atoms in total. The molecule has 6 heterocycles. The number of fused-ring (bicyclic) bond motifs is 1. The number of methoxy groups -OCH3 is 1. The van der Waals surface area contributed by atoms with Crippen molar-refractivity contribution in [3.05, 3.63) is 22.7 Å². The quantitative estimate of drug-likeness (QED) is 0.422. The number of hydrogen-bond donors (Lipinski definition) is 1. The SMILES string of the molecule is COc1ncc(-c2nc(N3CCOCC3)nc3c(CN4CCC(N5CCCC5)C4)c(C)sc23)cc1NS(C)(=O)=O. The maximum Gasteiger partial charge on any atom is 0.238 e. The second-order valence-electron chi connectivity index (χ2n) is 10.9. The van der Waals surface area contributed by atoms with E-state index in [0.717, 1.165) is 54.9 Å². The highest BCUT2D eigenvalue weighted by Gasteiger charge is 2.31. The molecule has 0 aromatic carbocycles. The minimum absolute atomic E-state index is 0.206. The number of aryl methyl sites for hydroxylation is 1. The molecular formula is C27H37N7O4S2. The van der Waals surface area contributed by atoms with Gasteiger partial charge in [-0.25, -0.2) is 23.4 Å². The van der Waals surface area contributed by atoms with Crippen LogP contribution in [-0.2, 0) is 21.3 Å². The first-order valence-electron chi connectivity index (χ1n) is 13.9. The van der Waals surface area contributed by atoms with E-state index in [1.807, 2.05) is 0 Å². The maximum absolute atomic E-state index is 12.1. The third-order valence-electron chi connectivity index (χ3n) is 8.01. The predicted octanol–water partition coefficient (Wildman–Crippen LogP) is 2.95. The Hall–Kier alpha value is -2.58. The molecule has 216 valence electrons. The molecule has 0 radical (unpaired) electrons. The van der Waals surface area contributed by atoms with Gasteiger partial charge in [0.15, 0.2) is 0 Å². The van der Waals surface area contributed by atoms with Gasteiger partial charge in [-0.1, -0.05) is 0 Å². The number of thiophene rings is 1. The zero-order valence-corrected chi connectivity index (χ0v) is 25.0. The van der Waals surface area contributed by atoms with E-state index in [1.54, 1.807) is 23.6 Å². The number of sulfonamides is 1. The van der Waals surface area contributed by atoms with Gasteiger partial charge in [0.2, 0.25) is 21.9 Å². The number of ether oxygens (including phenoxy) is 2. The third-order valence-corrected chi connectivity index (χ3v) is 9.75. The van der Waals surface area contributed by atoms with Crippen LogP contribution in [0.3, 0.4) is 0 Å². The van der Waals surface area contributed by atoms with Crippen LogP contribution in [0.25, 0.3) is 21.5 Å². The van der Waals surface area contributed by atoms with Gasteiger partial charge in [0.05, 0.1) is 42.5 Å². The van der Waals surface area contributed by atoms with Gasteiger partial charge in [0, 0.05) is 61.0 Å². The lowest BCUT2D eigenvalue weighted by Gasteiger charge is -2.27. The molecule has 3 aromatic rings. The Morgan fingerprint density at radius 1 is 1.15 bits per heavy atom. The van der Waals surface area contributed by atoms with Crippen LogP contribution in [0.4, 0.5) is 11.6 Å². The number of pyridine rings is 1. The van der Waals surface area contributed by atoms with E-state index in [1.165, 1.54) is 49.9 Å². The molecule has 13 heteroatoms. The van der Waals surface area contributed by atoms with Crippen molar-refractivity contribution in [1.82, 2.24) is 24.8 Å². The monoisotopic (exact) mass is 587 g/mol. The van der Waals surface area contributed by atoms with Gasteiger partial charge in [-0.2, -0.15) is 0 Å². The zero-order chi connectivity index (χ0) is 27.9. The normalized spacial score (nSPS) is 21.0. The number of anilines is 2. The summed E-state index contributed by atoms with van der Waals surface area (Å²) >= 11 is 1.69. The number of nitrogens with zero attached hydrogens (tertiary/aromatic N) is 6. The van der Waals surface area contributed by atoms with Crippen molar-refractivity contribution in [2.24, 2.45) is 0 Å². The molecule has 3 fully saturated rings. The van der Waals surface area contributed by atoms with Crippen LogP contribution in [0.1, 0.15) is 29.7 Å². The van der Waals surface area contributed by atoms with Crippen molar-refractivity contribution >= 4 is 43.2 Å². The second kappa shape index (κ2) is 11.4. The van der Waals surface area contributed by atoms with Gasteiger partial charge >= 0.3 is 0 Å². The number of hydrogen-bond acceptors (Lipinski definition) is 11. The molecule has 3 aliphatic heterocycles. The topological polar surface area (TPSA) is 113 Å². The highest BCUT2D eigenvalue weighted by atomic mass is 32.2. The molecule has 1 N–H and O–H groups in total. The summed E-state index contributed by atoms with van der Waals surface area (Å²) in [5.41, 5.74) is 3.94. The first kappa shape index (κ1) is 27.6. The standard InChI is InChI=1S/C27H37N7O4S2/c1-18-21(17-32-9-6-20(16-32)33-7-4-5-8-33)24-25(39-18)23(29-27(30-24)34-10-12-38-13-11-34)19-14-22(31-40(3,35)36)26(37-2)28-15-19/h14-15,20,31H,4-13,16-17H2,1-3H3. The van der Waals surface area contributed by atoms with Gasteiger partial charge in [-0.05, 0) is 45.3 Å². The Bertz CT molecular complexity index is 1480. The molecule has 1 unspecified atom stereocenters. The van der Waals surface area contributed by atoms with E-state index in [0.29, 0.717) is 30.8 Å². The summed E-state index contributed by atoms with van der Waals surface area (Å²) in [6.07, 6.45) is 6.65. The fourth-order valence-electron chi connectivity index (χ4n) is 6.01. The lowest BCUT2D eigenvalue weighted by atomic mass is 10.1. The Labute approximate surface area is 239 Å². The van der Waals surface area contributed by atoms with E-state index in [2.05, 4.69) is 31.3 Å². The lowest BCUT2D eigenvalue weighted by molar-refractivity contribution is 0.122. The Kier molecular flexibility index (Phi) is 7.83. The van der Waals surface area contributed by atoms with Crippen LogP contribution in [0.5, 0.6) is 5.88 Å². The zero-order valence-electron chi connectivity index (χ0n) is 23.4. The van der Waals surface area contributed by atoms with Crippen molar-refractivity contribution in [1.29, 1.82) is 0 Å². The second-order valence-corrected chi connectivity index (χ2v) is 13.8. The third kappa shape index (κ3) is 5.75. The van der Waals surface area contributed by atoms with E-state index in [-0.39, 0.29) is 11.6 Å². The molecule has 3 saturated heterocycles. The molecule has 0 spiro atoms. The number of aromatic nitrogens is 3. The van der Waals surface area contributed by atoms with E-state index < -0.39 is 10.0 Å². The average molecular weight is 588 g/mol. The summed E-state index contributed by atoms with van der Waals surface area (Å²) in [5, 5.41) is 0. The molecule has 3 aromatic heterocycles. The van der Waals surface area contributed by atoms with Gasteiger partial charge in [0.25, 0.3) is 0 Å². The van der Waals surface area contributed by atoms with Gasteiger partial charge in [-0.3, -0.25) is 14.5 Å². The molecule has 3 aliphatic rings. The molecule has 0 amide bonds. The fraction of sp³-hybridized carbons (Fsp3) is 0.593. The summed E-state index contributed by atoms with van der Waals surface area (Å²) < 4.78 is 38.6. The molecule has 40 heavy (non-hydrogen) atoms. The minimum Gasteiger partial charge on any atom is -0.480 e. The van der Waals surface area contributed by atoms with Crippen molar-refractivity contribution < 1.29 is 17.9 Å². The predicted molar refractivity (Wildman–Crippen MR) is 158 cm³/mol. The van der Waals surface area contributed by atoms with Crippen molar-refractivity contribution in [2.45, 2.75) is 38.8 Å². The summed E-state index contributed by atoms with van der Waals surface area (Å²) in [5.74, 6) is 0.868. The smallest absolute Gasteiger partial charge is 0.238 e. The van der Waals surface area contributed by atoms with E-state index >= 15 is 0 Å². The first-order chi connectivity index (χ1) is 19.3. The van der Waals surface area contributed by atoms with Gasteiger partial charge in [0.1, 0.15) is 5.69 Å². The van der Waals surface area contributed by atoms with Crippen LogP contribution in [0.15, 0.2) is 12.3 Å². The van der Waals surface area contributed by atoms with E-state index in [4.69, 9.17) is 19.4 Å². The highest BCUT2D eigenvalue weighted by Crippen LogP contribution is 2.40. The summed E-state index contributed by atoms with van der Waals surface area (Å²) in [6, 6.07) is 2.39. The van der Waals surface area contributed by atoms with Crippen molar-refractivity contribution in [3.8, 4) is 17.1 Å². The molecule has 6 rings (SSSR count). The van der Waals surface area contributed by atoms with Crippen molar-refractivity contribution in [2.75, 3.05) is 75.5 Å². The molecular weight excluding hydrogens is 550 g/mol. The molecule has 1 atom stereocenters.